The average Bonchev–Trinajstić information content (AvgIpc) is 2.98. The van der Waals surface area contributed by atoms with Gasteiger partial charge in [0.05, 0.1) is 19.1 Å². The SMILES string of the molecule is COc1ccc([C@@H]2CC(=O)Oc3ccc4c(c32)OC(=C(C)C)C4=O)cc1. The Bertz CT molecular complexity index is 949. The van der Waals surface area contributed by atoms with Gasteiger partial charge in [0, 0.05) is 11.5 Å². The van der Waals surface area contributed by atoms with E-state index in [0.717, 1.165) is 22.4 Å². The monoisotopic (exact) mass is 350 g/mol. The molecule has 2 heterocycles. The van der Waals surface area contributed by atoms with Gasteiger partial charge in [0.1, 0.15) is 17.2 Å². The number of ketones is 1. The zero-order valence-electron chi connectivity index (χ0n) is 14.8. The first-order chi connectivity index (χ1) is 12.5. The van der Waals surface area contributed by atoms with Gasteiger partial charge in [0.15, 0.2) is 5.76 Å². The van der Waals surface area contributed by atoms with Crippen molar-refractivity contribution in [3.8, 4) is 17.2 Å². The summed E-state index contributed by atoms with van der Waals surface area (Å²) in [4.78, 5) is 24.7. The van der Waals surface area contributed by atoms with Crippen molar-refractivity contribution in [3.05, 3.63) is 64.4 Å². The maximum atomic E-state index is 12.6. The number of benzene rings is 2. The van der Waals surface area contributed by atoms with Crippen LogP contribution in [0.15, 0.2) is 47.7 Å². The van der Waals surface area contributed by atoms with Crippen LogP contribution in [0.2, 0.25) is 0 Å². The Kier molecular flexibility index (Phi) is 3.80. The second kappa shape index (κ2) is 6.02. The van der Waals surface area contributed by atoms with Crippen molar-refractivity contribution in [2.45, 2.75) is 26.2 Å². The molecule has 26 heavy (non-hydrogen) atoms. The second-order valence-electron chi connectivity index (χ2n) is 6.62. The molecule has 5 heteroatoms. The largest absolute Gasteiger partial charge is 0.497 e. The van der Waals surface area contributed by atoms with E-state index in [2.05, 4.69) is 0 Å². The minimum absolute atomic E-state index is 0.131. The molecule has 0 fully saturated rings. The van der Waals surface area contributed by atoms with Gasteiger partial charge >= 0.3 is 5.97 Å². The number of ether oxygens (including phenoxy) is 3. The third kappa shape index (κ3) is 2.47. The quantitative estimate of drug-likeness (QED) is 0.465. The van der Waals surface area contributed by atoms with Gasteiger partial charge in [-0.1, -0.05) is 12.1 Å². The fourth-order valence-electron chi connectivity index (χ4n) is 3.44. The Balaban J connectivity index is 1.88. The van der Waals surface area contributed by atoms with Gasteiger partial charge < -0.3 is 14.2 Å². The number of hydrogen-bond acceptors (Lipinski definition) is 5. The van der Waals surface area contributed by atoms with Crippen molar-refractivity contribution < 1.29 is 23.8 Å². The highest BCUT2D eigenvalue weighted by Gasteiger charge is 2.38. The summed E-state index contributed by atoms with van der Waals surface area (Å²) in [6.45, 7) is 3.68. The third-order valence-electron chi connectivity index (χ3n) is 4.73. The molecular formula is C21H18O5. The molecule has 0 bridgehead atoms. The Labute approximate surface area is 151 Å². The zero-order chi connectivity index (χ0) is 18.4. The van der Waals surface area contributed by atoms with Gasteiger partial charge in [-0.2, -0.15) is 0 Å². The van der Waals surface area contributed by atoms with Gasteiger partial charge in [-0.15, -0.1) is 0 Å². The van der Waals surface area contributed by atoms with Gasteiger partial charge in [-0.3, -0.25) is 9.59 Å². The molecule has 0 unspecified atom stereocenters. The van der Waals surface area contributed by atoms with E-state index in [1.54, 1.807) is 19.2 Å². The predicted molar refractivity (Wildman–Crippen MR) is 94.9 cm³/mol. The van der Waals surface area contributed by atoms with Gasteiger partial charge in [0.2, 0.25) is 5.78 Å². The van der Waals surface area contributed by atoms with E-state index >= 15 is 0 Å². The van der Waals surface area contributed by atoms with Crippen LogP contribution in [0, 0.1) is 0 Å². The maximum Gasteiger partial charge on any atom is 0.312 e. The fourth-order valence-corrected chi connectivity index (χ4v) is 3.44. The van der Waals surface area contributed by atoms with E-state index in [4.69, 9.17) is 14.2 Å². The molecule has 0 aromatic heterocycles. The Morgan fingerprint density at radius 3 is 2.42 bits per heavy atom. The number of hydrogen-bond donors (Lipinski definition) is 0. The smallest absolute Gasteiger partial charge is 0.312 e. The molecule has 0 saturated carbocycles. The number of Topliss-reactive ketones (excluding diaryl/α,β-unsaturated/α-hetero) is 1. The molecule has 1 atom stereocenters. The first-order valence-electron chi connectivity index (χ1n) is 8.41. The first kappa shape index (κ1) is 16.4. The molecule has 4 rings (SSSR count). The van der Waals surface area contributed by atoms with Crippen LogP contribution in [-0.2, 0) is 4.79 Å². The zero-order valence-corrected chi connectivity index (χ0v) is 14.8. The number of methoxy groups -OCH3 is 1. The Morgan fingerprint density at radius 2 is 1.77 bits per heavy atom. The normalized spacial score (nSPS) is 18.0. The number of allylic oxidation sites excluding steroid dienone is 2. The summed E-state index contributed by atoms with van der Waals surface area (Å²) < 4.78 is 16.5. The first-order valence-corrected chi connectivity index (χ1v) is 8.41. The van der Waals surface area contributed by atoms with E-state index in [1.807, 2.05) is 38.1 Å². The molecule has 2 aliphatic rings. The average molecular weight is 350 g/mol. The second-order valence-corrected chi connectivity index (χ2v) is 6.62. The highest BCUT2D eigenvalue weighted by atomic mass is 16.5. The van der Waals surface area contributed by atoms with Crippen LogP contribution in [0.3, 0.4) is 0 Å². The molecule has 0 amide bonds. The molecule has 132 valence electrons. The molecule has 0 spiro atoms. The lowest BCUT2D eigenvalue weighted by molar-refractivity contribution is -0.135. The van der Waals surface area contributed by atoms with Crippen LogP contribution in [0.25, 0.3) is 0 Å². The van der Waals surface area contributed by atoms with Crippen molar-refractivity contribution in [1.82, 2.24) is 0 Å². The number of rotatable bonds is 2. The van der Waals surface area contributed by atoms with Crippen LogP contribution in [0.5, 0.6) is 17.2 Å². The number of carbonyl (C=O) groups excluding carboxylic acids is 2. The minimum atomic E-state index is -0.301. The summed E-state index contributed by atoms with van der Waals surface area (Å²) in [6, 6.07) is 10.9. The molecule has 2 aliphatic heterocycles. The molecule has 0 N–H and O–H groups in total. The van der Waals surface area contributed by atoms with E-state index in [1.165, 1.54) is 0 Å². The lowest BCUT2D eigenvalue weighted by Gasteiger charge is -2.26. The lowest BCUT2D eigenvalue weighted by atomic mass is 9.84. The van der Waals surface area contributed by atoms with Gasteiger partial charge in [0.25, 0.3) is 0 Å². The van der Waals surface area contributed by atoms with Crippen LogP contribution in [0.4, 0.5) is 0 Å². The fraction of sp³-hybridized carbons (Fsp3) is 0.238. The Morgan fingerprint density at radius 1 is 1.04 bits per heavy atom. The van der Waals surface area contributed by atoms with Crippen molar-refractivity contribution in [2.75, 3.05) is 7.11 Å². The molecule has 2 aromatic carbocycles. The summed E-state index contributed by atoms with van der Waals surface area (Å²) in [6.07, 6.45) is 0.192. The van der Waals surface area contributed by atoms with Crippen LogP contribution in [-0.4, -0.2) is 18.9 Å². The summed E-state index contributed by atoms with van der Waals surface area (Å²) in [5.74, 6) is 1.36. The highest BCUT2D eigenvalue weighted by Crippen LogP contribution is 2.49. The topological polar surface area (TPSA) is 61.8 Å². The van der Waals surface area contributed by atoms with Crippen molar-refractivity contribution in [1.29, 1.82) is 0 Å². The molecule has 0 radical (unpaired) electrons. The van der Waals surface area contributed by atoms with E-state index in [-0.39, 0.29) is 24.1 Å². The predicted octanol–water partition coefficient (Wildman–Crippen LogP) is 4.01. The lowest BCUT2D eigenvalue weighted by Crippen LogP contribution is -2.21. The van der Waals surface area contributed by atoms with Crippen molar-refractivity contribution in [3.63, 3.8) is 0 Å². The van der Waals surface area contributed by atoms with Crippen molar-refractivity contribution in [2.24, 2.45) is 0 Å². The summed E-state index contributed by atoms with van der Waals surface area (Å²) in [7, 11) is 1.61. The summed E-state index contributed by atoms with van der Waals surface area (Å²) >= 11 is 0. The molecular weight excluding hydrogens is 332 g/mol. The van der Waals surface area contributed by atoms with Crippen LogP contribution >= 0.6 is 0 Å². The number of carbonyl (C=O) groups is 2. The minimum Gasteiger partial charge on any atom is -0.497 e. The van der Waals surface area contributed by atoms with Gasteiger partial charge in [-0.25, -0.2) is 0 Å². The van der Waals surface area contributed by atoms with E-state index in [0.29, 0.717) is 22.8 Å². The molecule has 0 aliphatic carbocycles. The standard InChI is InChI=1S/C21H18O5/c1-11(2)20-19(23)14-8-9-16-18(21(14)26-20)15(10-17(22)25-16)12-4-6-13(24-3)7-5-12/h4-9,15H,10H2,1-3H3/t15-/m0/s1. The van der Waals surface area contributed by atoms with Crippen molar-refractivity contribution >= 4 is 11.8 Å². The van der Waals surface area contributed by atoms with E-state index in [9.17, 15) is 9.59 Å². The maximum absolute atomic E-state index is 12.6. The summed E-state index contributed by atoms with van der Waals surface area (Å²) in [5.41, 5.74) is 3.01. The van der Waals surface area contributed by atoms with E-state index < -0.39 is 0 Å². The molecule has 2 aromatic rings. The Hall–Kier alpha value is -3.08. The number of fused-ring (bicyclic) bond motifs is 3. The highest BCUT2D eigenvalue weighted by molar-refractivity contribution is 6.13. The van der Waals surface area contributed by atoms with Crippen LogP contribution in [0.1, 0.15) is 47.7 Å². The molecule has 5 nitrogen and oxygen atoms in total. The summed E-state index contributed by atoms with van der Waals surface area (Å²) in [5, 5.41) is 0. The van der Waals surface area contributed by atoms with Gasteiger partial charge in [-0.05, 0) is 49.2 Å². The molecule has 0 saturated heterocycles. The third-order valence-corrected chi connectivity index (χ3v) is 4.73. The van der Waals surface area contributed by atoms with Crippen LogP contribution < -0.4 is 14.2 Å². The number of esters is 1.